The summed E-state index contributed by atoms with van der Waals surface area (Å²) in [4.78, 5) is 16.8. The van der Waals surface area contributed by atoms with Crippen molar-refractivity contribution < 1.29 is 22.7 Å². The number of hydrogen-bond acceptors (Lipinski definition) is 7. The lowest BCUT2D eigenvalue weighted by atomic mass is 10.2. The zero-order chi connectivity index (χ0) is 22.7. The molecule has 8 nitrogen and oxygen atoms in total. The minimum Gasteiger partial charge on any atom is -0.493 e. The summed E-state index contributed by atoms with van der Waals surface area (Å²) < 4.78 is 39.4. The Balaban J connectivity index is 1.56. The lowest BCUT2D eigenvalue weighted by molar-refractivity contribution is 0.102. The SMILES string of the molecule is COc1ccc(S(=O)(=O)Nc2ccc3sc(NC(=O)c4ccccc4)nc3c2)cc1OC. The van der Waals surface area contributed by atoms with E-state index in [2.05, 4.69) is 15.0 Å². The summed E-state index contributed by atoms with van der Waals surface area (Å²) in [6.45, 7) is 0. The van der Waals surface area contributed by atoms with Crippen LogP contribution in [0.4, 0.5) is 10.8 Å². The van der Waals surface area contributed by atoms with E-state index >= 15 is 0 Å². The van der Waals surface area contributed by atoms with Gasteiger partial charge in [-0.15, -0.1) is 0 Å². The van der Waals surface area contributed by atoms with Crippen molar-refractivity contribution in [2.45, 2.75) is 4.90 Å². The van der Waals surface area contributed by atoms with Crippen LogP contribution in [0.3, 0.4) is 0 Å². The van der Waals surface area contributed by atoms with Crippen LogP contribution < -0.4 is 19.5 Å². The molecule has 164 valence electrons. The van der Waals surface area contributed by atoms with Crippen LogP contribution in [0.2, 0.25) is 0 Å². The number of anilines is 2. The average molecular weight is 470 g/mol. The fourth-order valence-corrected chi connectivity index (χ4v) is 4.91. The highest BCUT2D eigenvalue weighted by Gasteiger charge is 2.18. The minimum atomic E-state index is -3.87. The van der Waals surface area contributed by atoms with E-state index in [0.29, 0.717) is 33.4 Å². The molecule has 32 heavy (non-hydrogen) atoms. The van der Waals surface area contributed by atoms with E-state index in [4.69, 9.17) is 9.47 Å². The van der Waals surface area contributed by atoms with Crippen LogP contribution in [-0.4, -0.2) is 33.5 Å². The molecule has 0 aliphatic heterocycles. The van der Waals surface area contributed by atoms with Crippen molar-refractivity contribution in [1.29, 1.82) is 0 Å². The Morgan fingerprint density at radius 3 is 2.41 bits per heavy atom. The van der Waals surface area contributed by atoms with Crippen molar-refractivity contribution in [3.05, 3.63) is 72.3 Å². The van der Waals surface area contributed by atoms with Gasteiger partial charge in [0.15, 0.2) is 16.6 Å². The molecule has 0 atom stereocenters. The molecule has 3 aromatic carbocycles. The first kappa shape index (κ1) is 21.6. The second kappa shape index (κ2) is 8.85. The number of carbonyl (C=O) groups is 1. The first-order valence-corrected chi connectivity index (χ1v) is 11.7. The predicted molar refractivity (Wildman–Crippen MR) is 124 cm³/mol. The Labute approximate surface area is 188 Å². The normalized spacial score (nSPS) is 11.2. The molecule has 0 bridgehead atoms. The van der Waals surface area contributed by atoms with Crippen LogP contribution in [0.5, 0.6) is 11.5 Å². The molecule has 0 aliphatic rings. The number of thiazole rings is 1. The van der Waals surface area contributed by atoms with Gasteiger partial charge in [-0.25, -0.2) is 13.4 Å². The number of benzene rings is 3. The maximum absolute atomic E-state index is 12.8. The molecule has 10 heteroatoms. The maximum atomic E-state index is 12.8. The van der Waals surface area contributed by atoms with E-state index in [0.717, 1.165) is 4.70 Å². The third-order valence-electron chi connectivity index (χ3n) is 4.56. The molecule has 1 heterocycles. The summed E-state index contributed by atoms with van der Waals surface area (Å²) in [6.07, 6.45) is 0. The minimum absolute atomic E-state index is 0.0318. The summed E-state index contributed by atoms with van der Waals surface area (Å²) in [5, 5.41) is 3.19. The fourth-order valence-electron chi connectivity index (χ4n) is 3.00. The molecular weight excluding hydrogens is 450 g/mol. The fraction of sp³-hybridized carbons (Fsp3) is 0.0909. The van der Waals surface area contributed by atoms with Gasteiger partial charge in [-0.05, 0) is 42.5 Å². The van der Waals surface area contributed by atoms with Gasteiger partial charge in [-0.2, -0.15) is 0 Å². The number of amides is 1. The molecule has 0 unspecified atom stereocenters. The number of hydrogen-bond donors (Lipinski definition) is 2. The summed E-state index contributed by atoms with van der Waals surface area (Å²) in [5.41, 5.74) is 1.43. The van der Waals surface area contributed by atoms with Crippen LogP contribution in [0.1, 0.15) is 10.4 Å². The number of nitrogens with one attached hydrogen (secondary N) is 2. The number of nitrogens with zero attached hydrogens (tertiary/aromatic N) is 1. The largest absolute Gasteiger partial charge is 0.493 e. The van der Waals surface area contributed by atoms with Crippen molar-refractivity contribution in [2.75, 3.05) is 24.3 Å². The van der Waals surface area contributed by atoms with Crippen molar-refractivity contribution in [3.8, 4) is 11.5 Å². The molecule has 0 spiro atoms. The third kappa shape index (κ3) is 4.51. The lowest BCUT2D eigenvalue weighted by Crippen LogP contribution is -2.13. The number of carbonyl (C=O) groups excluding carboxylic acids is 1. The van der Waals surface area contributed by atoms with Gasteiger partial charge in [0.2, 0.25) is 0 Å². The number of aromatic nitrogens is 1. The molecule has 1 amide bonds. The molecule has 2 N–H and O–H groups in total. The number of ether oxygens (including phenoxy) is 2. The predicted octanol–water partition coefficient (Wildman–Crippen LogP) is 4.37. The Kier molecular flexibility index (Phi) is 5.97. The first-order valence-electron chi connectivity index (χ1n) is 9.41. The maximum Gasteiger partial charge on any atom is 0.262 e. The van der Waals surface area contributed by atoms with Crippen molar-refractivity contribution in [3.63, 3.8) is 0 Å². The van der Waals surface area contributed by atoms with Crippen LogP contribution in [0.25, 0.3) is 10.2 Å². The third-order valence-corrected chi connectivity index (χ3v) is 6.89. The Hall–Kier alpha value is -3.63. The van der Waals surface area contributed by atoms with Crippen LogP contribution in [0.15, 0.2) is 71.6 Å². The van der Waals surface area contributed by atoms with Crippen LogP contribution in [-0.2, 0) is 10.0 Å². The van der Waals surface area contributed by atoms with Crippen molar-refractivity contribution in [2.24, 2.45) is 0 Å². The second-order valence-electron chi connectivity index (χ2n) is 6.64. The zero-order valence-electron chi connectivity index (χ0n) is 17.2. The molecule has 0 saturated heterocycles. The highest BCUT2D eigenvalue weighted by Crippen LogP contribution is 2.32. The quantitative estimate of drug-likeness (QED) is 0.416. The number of methoxy groups -OCH3 is 2. The summed E-state index contributed by atoms with van der Waals surface area (Å²) in [5.74, 6) is 0.476. The highest BCUT2D eigenvalue weighted by molar-refractivity contribution is 7.92. The number of sulfonamides is 1. The van der Waals surface area contributed by atoms with Crippen LogP contribution >= 0.6 is 11.3 Å². The monoisotopic (exact) mass is 469 g/mol. The number of rotatable bonds is 7. The van der Waals surface area contributed by atoms with Crippen molar-refractivity contribution in [1.82, 2.24) is 4.98 Å². The van der Waals surface area contributed by atoms with Gasteiger partial charge in [0.05, 0.1) is 35.0 Å². The smallest absolute Gasteiger partial charge is 0.262 e. The Morgan fingerprint density at radius 2 is 1.69 bits per heavy atom. The lowest BCUT2D eigenvalue weighted by Gasteiger charge is -2.11. The molecule has 1 aromatic heterocycles. The summed E-state index contributed by atoms with van der Waals surface area (Å²) >= 11 is 1.30. The van der Waals surface area contributed by atoms with Gasteiger partial charge in [0, 0.05) is 11.6 Å². The summed E-state index contributed by atoms with van der Waals surface area (Å²) in [7, 11) is -0.955. The van der Waals surface area contributed by atoms with Gasteiger partial charge in [-0.3, -0.25) is 14.8 Å². The second-order valence-corrected chi connectivity index (χ2v) is 9.36. The van der Waals surface area contributed by atoms with E-state index in [1.807, 2.05) is 6.07 Å². The Morgan fingerprint density at radius 1 is 0.938 bits per heavy atom. The van der Waals surface area contributed by atoms with E-state index in [-0.39, 0.29) is 10.8 Å². The van der Waals surface area contributed by atoms with Gasteiger partial charge < -0.3 is 9.47 Å². The molecule has 0 radical (unpaired) electrons. The molecule has 0 fully saturated rings. The molecule has 0 aliphatic carbocycles. The number of fused-ring (bicyclic) bond motifs is 1. The average Bonchev–Trinajstić information content (AvgIpc) is 3.20. The molecular formula is C22H19N3O5S2. The van der Waals surface area contributed by atoms with E-state index < -0.39 is 10.0 Å². The Bertz CT molecular complexity index is 1390. The standard InChI is InChI=1S/C22H19N3O5S2/c1-29-18-10-9-16(13-19(18)30-2)32(27,28)25-15-8-11-20-17(12-15)23-22(31-20)24-21(26)14-6-4-3-5-7-14/h3-13,25H,1-2H3,(H,23,24,26). The van der Waals surface area contributed by atoms with Gasteiger partial charge in [0.25, 0.3) is 15.9 Å². The van der Waals surface area contributed by atoms with E-state index in [9.17, 15) is 13.2 Å². The van der Waals surface area contributed by atoms with Crippen molar-refractivity contribution >= 4 is 48.3 Å². The summed E-state index contributed by atoms with van der Waals surface area (Å²) in [6, 6.07) is 18.2. The van der Waals surface area contributed by atoms with Gasteiger partial charge >= 0.3 is 0 Å². The zero-order valence-corrected chi connectivity index (χ0v) is 18.8. The van der Waals surface area contributed by atoms with E-state index in [1.54, 1.807) is 42.5 Å². The van der Waals surface area contributed by atoms with Gasteiger partial charge in [-0.1, -0.05) is 29.5 Å². The topological polar surface area (TPSA) is 107 Å². The molecule has 4 aromatic rings. The van der Waals surface area contributed by atoms with Crippen LogP contribution in [0, 0.1) is 0 Å². The van der Waals surface area contributed by atoms with E-state index in [1.165, 1.54) is 43.8 Å². The molecule has 4 rings (SSSR count). The molecule has 0 saturated carbocycles. The van der Waals surface area contributed by atoms with Gasteiger partial charge in [0.1, 0.15) is 0 Å². The highest BCUT2D eigenvalue weighted by atomic mass is 32.2. The first-order chi connectivity index (χ1) is 15.4.